The van der Waals surface area contributed by atoms with Gasteiger partial charge in [-0.05, 0) is 55.7 Å². The molecule has 1 aromatic rings. The molecule has 0 aromatic heterocycles. The molecule has 0 amide bonds. The number of ether oxygens (including phenoxy) is 1. The van der Waals surface area contributed by atoms with E-state index in [1.807, 2.05) is 13.0 Å². The summed E-state index contributed by atoms with van der Waals surface area (Å²) in [6.45, 7) is 4.09. The fraction of sp³-hybridized carbons (Fsp3) is 0.632. The Balaban J connectivity index is 2.28. The van der Waals surface area contributed by atoms with Crippen LogP contribution in [0.3, 0.4) is 0 Å². The van der Waals surface area contributed by atoms with Gasteiger partial charge in [0.1, 0.15) is 5.75 Å². The zero-order valence-corrected chi connectivity index (χ0v) is 14.1. The highest BCUT2D eigenvalue weighted by Crippen LogP contribution is 2.42. The van der Waals surface area contributed by atoms with Gasteiger partial charge in [-0.3, -0.25) is 4.79 Å². The van der Waals surface area contributed by atoms with E-state index in [1.165, 1.54) is 7.11 Å². The Kier molecular flexibility index (Phi) is 5.49. The maximum absolute atomic E-state index is 12.3. The fourth-order valence-corrected chi connectivity index (χ4v) is 3.71. The summed E-state index contributed by atoms with van der Waals surface area (Å²) in [5.41, 5.74) is 2.70. The average molecular weight is 304 g/mol. The van der Waals surface area contributed by atoms with E-state index < -0.39 is 0 Å². The van der Waals surface area contributed by atoms with E-state index >= 15 is 0 Å². The van der Waals surface area contributed by atoms with Crippen molar-refractivity contribution in [1.29, 1.82) is 0 Å². The van der Waals surface area contributed by atoms with Gasteiger partial charge in [-0.25, -0.2) is 0 Å². The monoisotopic (exact) mass is 304 g/mol. The molecule has 122 valence electrons. The second kappa shape index (κ2) is 7.17. The molecule has 0 aliphatic heterocycles. The Morgan fingerprint density at radius 2 is 2.00 bits per heavy atom. The van der Waals surface area contributed by atoms with E-state index in [9.17, 15) is 9.90 Å². The molecule has 0 radical (unpaired) electrons. The normalized spacial score (nSPS) is 16.7. The molecule has 1 aliphatic rings. The molecular formula is C19H28O3. The number of phenolic OH excluding ortho intramolecular Hbond substituents is 1. The van der Waals surface area contributed by atoms with E-state index in [4.69, 9.17) is 4.74 Å². The molecule has 1 saturated carbocycles. The van der Waals surface area contributed by atoms with Crippen molar-refractivity contribution in [3.63, 3.8) is 0 Å². The summed E-state index contributed by atoms with van der Waals surface area (Å²) in [6.07, 6.45) is 7.78. The first kappa shape index (κ1) is 16.9. The highest BCUT2D eigenvalue weighted by molar-refractivity contribution is 5.77. The predicted molar refractivity (Wildman–Crippen MR) is 88.1 cm³/mol. The Hall–Kier alpha value is -1.51. The van der Waals surface area contributed by atoms with E-state index in [0.29, 0.717) is 5.75 Å². The molecule has 0 saturated heterocycles. The van der Waals surface area contributed by atoms with Crippen molar-refractivity contribution < 1.29 is 14.6 Å². The molecule has 1 aromatic carbocycles. The third kappa shape index (κ3) is 3.45. The van der Waals surface area contributed by atoms with Crippen LogP contribution in [0.2, 0.25) is 0 Å². The zero-order valence-electron chi connectivity index (χ0n) is 14.1. The van der Waals surface area contributed by atoms with Crippen LogP contribution in [0.15, 0.2) is 12.1 Å². The summed E-state index contributed by atoms with van der Waals surface area (Å²) in [6, 6.07) is 4.11. The molecule has 0 spiro atoms. The highest BCUT2D eigenvalue weighted by Gasteiger charge is 2.42. The summed E-state index contributed by atoms with van der Waals surface area (Å²) in [5, 5.41) is 10.2. The molecular weight excluding hydrogens is 276 g/mol. The molecule has 3 heteroatoms. The van der Waals surface area contributed by atoms with Crippen LogP contribution in [-0.2, 0) is 22.4 Å². The van der Waals surface area contributed by atoms with Crippen molar-refractivity contribution in [3.8, 4) is 5.75 Å². The van der Waals surface area contributed by atoms with Crippen LogP contribution < -0.4 is 0 Å². The number of benzene rings is 1. The minimum absolute atomic E-state index is 0.0779. The number of unbranched alkanes of at least 4 members (excludes halogenated alkanes) is 1. The number of aromatic hydroxyl groups is 1. The van der Waals surface area contributed by atoms with Gasteiger partial charge in [0.25, 0.3) is 0 Å². The van der Waals surface area contributed by atoms with Gasteiger partial charge in [0.15, 0.2) is 0 Å². The number of carbonyl (C=O) groups excluding carboxylic acids is 1. The van der Waals surface area contributed by atoms with Gasteiger partial charge in [0.05, 0.1) is 12.5 Å². The van der Waals surface area contributed by atoms with Crippen LogP contribution in [0.4, 0.5) is 0 Å². The van der Waals surface area contributed by atoms with Gasteiger partial charge in [-0.2, -0.15) is 0 Å². The number of rotatable bonds is 6. The van der Waals surface area contributed by atoms with Crippen molar-refractivity contribution in [3.05, 3.63) is 28.8 Å². The lowest BCUT2D eigenvalue weighted by molar-refractivity contribution is -0.152. The topological polar surface area (TPSA) is 46.5 Å². The van der Waals surface area contributed by atoms with Crippen molar-refractivity contribution >= 4 is 5.97 Å². The van der Waals surface area contributed by atoms with E-state index in [-0.39, 0.29) is 11.4 Å². The number of aryl methyl sites for hydroxylation is 2. The van der Waals surface area contributed by atoms with Gasteiger partial charge in [-0.15, -0.1) is 0 Å². The molecule has 0 atom stereocenters. The SMILES string of the molecule is CCCCc1cc(CC2(C(=O)OC)CCCC2)cc(C)c1O. The summed E-state index contributed by atoms with van der Waals surface area (Å²) in [5.74, 6) is 0.335. The van der Waals surface area contributed by atoms with Crippen molar-refractivity contribution in [1.82, 2.24) is 0 Å². The lowest BCUT2D eigenvalue weighted by atomic mass is 9.79. The number of esters is 1. The van der Waals surface area contributed by atoms with Crippen LogP contribution in [0.25, 0.3) is 0 Å². The van der Waals surface area contributed by atoms with Gasteiger partial charge in [-0.1, -0.05) is 38.3 Å². The molecule has 22 heavy (non-hydrogen) atoms. The summed E-state index contributed by atoms with van der Waals surface area (Å²) < 4.78 is 5.07. The number of methoxy groups -OCH3 is 1. The Labute approximate surface area is 133 Å². The maximum Gasteiger partial charge on any atom is 0.312 e. The maximum atomic E-state index is 12.3. The van der Waals surface area contributed by atoms with Gasteiger partial charge in [0.2, 0.25) is 0 Å². The number of phenols is 1. The first-order valence-electron chi connectivity index (χ1n) is 8.42. The third-order valence-corrected chi connectivity index (χ3v) is 4.96. The quantitative estimate of drug-likeness (QED) is 0.796. The molecule has 0 unspecified atom stereocenters. The lowest BCUT2D eigenvalue weighted by Gasteiger charge is -2.26. The van der Waals surface area contributed by atoms with E-state index in [0.717, 1.165) is 68.1 Å². The smallest absolute Gasteiger partial charge is 0.312 e. The molecule has 0 heterocycles. The molecule has 1 N–H and O–H groups in total. The Morgan fingerprint density at radius 1 is 1.32 bits per heavy atom. The zero-order chi connectivity index (χ0) is 16.2. The minimum Gasteiger partial charge on any atom is -0.507 e. The lowest BCUT2D eigenvalue weighted by Crippen LogP contribution is -2.31. The second-order valence-electron chi connectivity index (χ2n) is 6.68. The predicted octanol–water partition coefficient (Wildman–Crippen LogP) is 4.32. The fourth-order valence-electron chi connectivity index (χ4n) is 3.71. The Morgan fingerprint density at radius 3 is 2.59 bits per heavy atom. The van der Waals surface area contributed by atoms with Crippen LogP contribution in [0.5, 0.6) is 5.75 Å². The summed E-state index contributed by atoms with van der Waals surface area (Å²) >= 11 is 0. The second-order valence-corrected chi connectivity index (χ2v) is 6.68. The van der Waals surface area contributed by atoms with Crippen LogP contribution in [0.1, 0.15) is 62.1 Å². The molecule has 2 rings (SSSR count). The van der Waals surface area contributed by atoms with Crippen LogP contribution in [-0.4, -0.2) is 18.2 Å². The van der Waals surface area contributed by atoms with Crippen LogP contribution in [0, 0.1) is 12.3 Å². The van der Waals surface area contributed by atoms with E-state index in [2.05, 4.69) is 13.0 Å². The number of carbonyl (C=O) groups is 1. The summed E-state index contributed by atoms with van der Waals surface area (Å²) in [7, 11) is 1.48. The van der Waals surface area contributed by atoms with Crippen LogP contribution >= 0.6 is 0 Å². The average Bonchev–Trinajstić information content (AvgIpc) is 2.98. The van der Waals surface area contributed by atoms with Crippen molar-refractivity contribution in [2.24, 2.45) is 5.41 Å². The van der Waals surface area contributed by atoms with Gasteiger partial charge in [0, 0.05) is 0 Å². The van der Waals surface area contributed by atoms with Crippen molar-refractivity contribution in [2.45, 2.75) is 65.2 Å². The molecule has 0 bridgehead atoms. The largest absolute Gasteiger partial charge is 0.507 e. The van der Waals surface area contributed by atoms with E-state index in [1.54, 1.807) is 0 Å². The van der Waals surface area contributed by atoms with Gasteiger partial charge < -0.3 is 9.84 Å². The first-order valence-corrected chi connectivity index (χ1v) is 8.42. The Bertz CT molecular complexity index is 528. The highest BCUT2D eigenvalue weighted by atomic mass is 16.5. The van der Waals surface area contributed by atoms with Crippen molar-refractivity contribution in [2.75, 3.05) is 7.11 Å². The summed E-state index contributed by atoms with van der Waals surface area (Å²) in [4.78, 5) is 12.3. The van der Waals surface area contributed by atoms with Gasteiger partial charge >= 0.3 is 5.97 Å². The molecule has 1 aliphatic carbocycles. The first-order chi connectivity index (χ1) is 10.5. The molecule has 1 fully saturated rings. The number of hydrogen-bond donors (Lipinski definition) is 1. The standard InChI is InChI=1S/C19H28O3/c1-4-5-8-16-12-15(11-14(2)17(16)20)13-19(18(21)22-3)9-6-7-10-19/h11-12,20H,4-10,13H2,1-3H3. The minimum atomic E-state index is -0.361. The third-order valence-electron chi connectivity index (χ3n) is 4.96. The molecule has 3 nitrogen and oxygen atoms in total. The number of hydrogen-bond acceptors (Lipinski definition) is 3.